The second kappa shape index (κ2) is 8.51. The summed E-state index contributed by atoms with van der Waals surface area (Å²) in [4.78, 5) is 11.1. The number of aliphatic hydroxyl groups is 2. The van der Waals surface area contributed by atoms with E-state index in [1.807, 2.05) is 30.3 Å². The smallest absolute Gasteiger partial charge is 0.259 e. The summed E-state index contributed by atoms with van der Waals surface area (Å²) in [5, 5.41) is 23.3. The monoisotopic (exact) mass is 409 g/mol. The van der Waals surface area contributed by atoms with E-state index in [-0.39, 0.29) is 13.2 Å². The van der Waals surface area contributed by atoms with Crippen LogP contribution in [-0.2, 0) is 12.8 Å². The zero-order valence-corrected chi connectivity index (χ0v) is 17.1. The van der Waals surface area contributed by atoms with E-state index < -0.39 is 5.54 Å². The molecule has 8 nitrogen and oxygen atoms in total. The van der Waals surface area contributed by atoms with E-state index in [0.29, 0.717) is 18.3 Å². The summed E-state index contributed by atoms with van der Waals surface area (Å²) in [5.41, 5.74) is 9.92. The summed E-state index contributed by atoms with van der Waals surface area (Å²) in [6.07, 6.45) is 4.56. The molecule has 2 aromatic heterocycles. The summed E-state index contributed by atoms with van der Waals surface area (Å²) >= 11 is 0. The van der Waals surface area contributed by atoms with E-state index in [1.165, 1.54) is 0 Å². The van der Waals surface area contributed by atoms with Crippen molar-refractivity contribution in [1.82, 2.24) is 15.1 Å². The van der Waals surface area contributed by atoms with Crippen LogP contribution in [0.4, 0.5) is 5.69 Å². The second-order valence-electron chi connectivity index (χ2n) is 7.86. The Kier molecular flexibility index (Phi) is 5.80. The number of benzene rings is 1. The van der Waals surface area contributed by atoms with Crippen LogP contribution in [0, 0.1) is 0 Å². The van der Waals surface area contributed by atoms with Crippen LogP contribution in [0.25, 0.3) is 22.8 Å². The predicted octanol–water partition coefficient (Wildman–Crippen LogP) is 1.80. The lowest BCUT2D eigenvalue weighted by atomic mass is 10.0. The standard InChI is InChI=1S/C22H27N5O3/c1-2-4-16-8-7-15(11-24-16)21-25-20(26-30-21)18-5-3-6-19-17(18)9-10-27(19)12-22(23,13-28)14-29/h3,5-8,11,28-29H,2,4,9-10,12-14,23H2,1H3. The van der Waals surface area contributed by atoms with Crippen molar-refractivity contribution in [2.24, 2.45) is 5.73 Å². The first-order chi connectivity index (χ1) is 14.6. The van der Waals surface area contributed by atoms with Crippen LogP contribution in [-0.4, -0.2) is 57.2 Å². The van der Waals surface area contributed by atoms with Crippen LogP contribution in [0.5, 0.6) is 0 Å². The molecule has 3 heterocycles. The Morgan fingerprint density at radius 1 is 1.20 bits per heavy atom. The number of pyridine rings is 1. The lowest BCUT2D eigenvalue weighted by Crippen LogP contribution is -2.55. The minimum atomic E-state index is -1.05. The number of aliphatic hydroxyl groups excluding tert-OH is 2. The highest BCUT2D eigenvalue weighted by molar-refractivity contribution is 5.73. The number of aromatic nitrogens is 3. The van der Waals surface area contributed by atoms with Gasteiger partial charge in [-0.3, -0.25) is 4.98 Å². The molecule has 1 aliphatic rings. The van der Waals surface area contributed by atoms with Crippen molar-refractivity contribution in [3.8, 4) is 22.8 Å². The van der Waals surface area contributed by atoms with Gasteiger partial charge in [-0.2, -0.15) is 4.98 Å². The number of rotatable bonds is 8. The molecule has 0 unspecified atom stereocenters. The number of nitrogens with zero attached hydrogens (tertiary/aromatic N) is 4. The van der Waals surface area contributed by atoms with Gasteiger partial charge in [0.15, 0.2) is 0 Å². The van der Waals surface area contributed by atoms with Gasteiger partial charge in [-0.1, -0.05) is 30.6 Å². The Balaban J connectivity index is 1.59. The first kappa shape index (κ1) is 20.5. The Hall–Kier alpha value is -2.81. The minimum Gasteiger partial charge on any atom is -0.394 e. The minimum absolute atomic E-state index is 0.283. The van der Waals surface area contributed by atoms with Gasteiger partial charge in [0, 0.05) is 36.2 Å². The third-order valence-corrected chi connectivity index (χ3v) is 5.50. The first-order valence-electron chi connectivity index (χ1n) is 10.2. The van der Waals surface area contributed by atoms with Gasteiger partial charge in [-0.05, 0) is 36.6 Å². The highest BCUT2D eigenvalue weighted by Gasteiger charge is 2.31. The first-order valence-corrected chi connectivity index (χ1v) is 10.2. The van der Waals surface area contributed by atoms with E-state index in [2.05, 4.69) is 26.9 Å². The summed E-state index contributed by atoms with van der Waals surface area (Å²) in [6, 6.07) is 9.88. The second-order valence-corrected chi connectivity index (χ2v) is 7.86. The van der Waals surface area contributed by atoms with Gasteiger partial charge in [-0.15, -0.1) is 0 Å². The molecule has 0 spiro atoms. The maximum Gasteiger partial charge on any atom is 0.259 e. The molecule has 0 fully saturated rings. The van der Waals surface area contributed by atoms with Crippen LogP contribution in [0.3, 0.4) is 0 Å². The summed E-state index contributed by atoms with van der Waals surface area (Å²) in [6.45, 7) is 2.67. The van der Waals surface area contributed by atoms with Gasteiger partial charge < -0.3 is 25.4 Å². The topological polar surface area (TPSA) is 122 Å². The highest BCUT2D eigenvalue weighted by Crippen LogP contribution is 2.36. The Morgan fingerprint density at radius 2 is 2.03 bits per heavy atom. The molecule has 1 aliphatic heterocycles. The van der Waals surface area contributed by atoms with E-state index in [9.17, 15) is 10.2 Å². The van der Waals surface area contributed by atoms with Crippen molar-refractivity contribution in [3.63, 3.8) is 0 Å². The maximum absolute atomic E-state index is 9.54. The van der Waals surface area contributed by atoms with E-state index in [4.69, 9.17) is 10.3 Å². The summed E-state index contributed by atoms with van der Waals surface area (Å²) < 4.78 is 5.51. The highest BCUT2D eigenvalue weighted by atomic mass is 16.5. The average Bonchev–Trinajstić information content (AvgIpc) is 3.42. The predicted molar refractivity (Wildman–Crippen MR) is 114 cm³/mol. The molecule has 0 bridgehead atoms. The molecule has 0 aliphatic carbocycles. The van der Waals surface area contributed by atoms with Crippen molar-refractivity contribution < 1.29 is 14.7 Å². The average molecular weight is 409 g/mol. The van der Waals surface area contributed by atoms with Crippen molar-refractivity contribution in [2.75, 3.05) is 31.2 Å². The van der Waals surface area contributed by atoms with Crippen LogP contribution in [0.1, 0.15) is 24.6 Å². The number of anilines is 1. The fraction of sp³-hybridized carbons (Fsp3) is 0.409. The third-order valence-electron chi connectivity index (χ3n) is 5.50. The number of hydrogen-bond donors (Lipinski definition) is 3. The molecule has 4 rings (SSSR count). The largest absolute Gasteiger partial charge is 0.394 e. The van der Waals surface area contributed by atoms with Crippen molar-refractivity contribution >= 4 is 5.69 Å². The van der Waals surface area contributed by atoms with Gasteiger partial charge in [0.05, 0.1) is 24.3 Å². The molecule has 0 radical (unpaired) electrons. The van der Waals surface area contributed by atoms with Crippen LogP contribution in [0.2, 0.25) is 0 Å². The van der Waals surface area contributed by atoms with Gasteiger partial charge in [0.1, 0.15) is 0 Å². The molecule has 0 amide bonds. The molecular formula is C22H27N5O3. The van der Waals surface area contributed by atoms with Crippen LogP contribution in [0.15, 0.2) is 41.1 Å². The van der Waals surface area contributed by atoms with Crippen molar-refractivity contribution in [2.45, 2.75) is 31.7 Å². The maximum atomic E-state index is 9.54. The molecule has 158 valence electrons. The molecule has 0 saturated heterocycles. The number of nitrogens with two attached hydrogens (primary N) is 1. The summed E-state index contributed by atoms with van der Waals surface area (Å²) in [7, 11) is 0. The zero-order chi connectivity index (χ0) is 21.1. The SMILES string of the molecule is CCCc1ccc(-c2nc(-c3cccc4c3CCN4CC(N)(CO)CO)no2)cn1. The van der Waals surface area contributed by atoms with E-state index >= 15 is 0 Å². The molecular weight excluding hydrogens is 382 g/mol. The third kappa shape index (κ3) is 3.94. The Bertz CT molecular complexity index is 998. The molecule has 3 aromatic rings. The van der Waals surface area contributed by atoms with Crippen LogP contribution < -0.4 is 10.6 Å². The number of hydrogen-bond acceptors (Lipinski definition) is 8. The quantitative estimate of drug-likeness (QED) is 0.515. The zero-order valence-electron chi connectivity index (χ0n) is 17.1. The molecule has 30 heavy (non-hydrogen) atoms. The van der Waals surface area contributed by atoms with Gasteiger partial charge in [0.2, 0.25) is 5.82 Å². The Labute approximate surface area is 175 Å². The van der Waals surface area contributed by atoms with E-state index in [0.717, 1.165) is 53.9 Å². The molecule has 8 heteroatoms. The number of fused-ring (bicyclic) bond motifs is 1. The van der Waals surface area contributed by atoms with Crippen molar-refractivity contribution in [3.05, 3.63) is 47.8 Å². The Morgan fingerprint density at radius 3 is 2.73 bits per heavy atom. The van der Waals surface area contributed by atoms with Gasteiger partial charge in [-0.25, -0.2) is 0 Å². The molecule has 0 atom stereocenters. The lowest BCUT2D eigenvalue weighted by Gasteiger charge is -2.31. The number of aryl methyl sites for hydroxylation is 1. The fourth-order valence-electron chi connectivity index (χ4n) is 3.81. The summed E-state index contributed by atoms with van der Waals surface area (Å²) in [5.74, 6) is 0.971. The lowest BCUT2D eigenvalue weighted by molar-refractivity contribution is 0.125. The van der Waals surface area contributed by atoms with E-state index in [1.54, 1.807) is 6.20 Å². The van der Waals surface area contributed by atoms with Crippen molar-refractivity contribution in [1.29, 1.82) is 0 Å². The molecule has 0 saturated carbocycles. The molecule has 1 aromatic carbocycles. The molecule has 4 N–H and O–H groups in total. The fourth-order valence-corrected chi connectivity index (χ4v) is 3.81. The van der Waals surface area contributed by atoms with Gasteiger partial charge >= 0.3 is 0 Å². The van der Waals surface area contributed by atoms with Gasteiger partial charge in [0.25, 0.3) is 5.89 Å². The van der Waals surface area contributed by atoms with Crippen LogP contribution >= 0.6 is 0 Å². The normalized spacial score (nSPS) is 13.7.